The molecule has 1 amide bonds. The van der Waals surface area contributed by atoms with Gasteiger partial charge >= 0.3 is 0 Å². The Balaban J connectivity index is 1.73. The molecule has 1 heterocycles. The van der Waals surface area contributed by atoms with Gasteiger partial charge in [0.25, 0.3) is 5.91 Å². The Morgan fingerprint density at radius 3 is 2.71 bits per heavy atom. The second-order valence-corrected chi connectivity index (χ2v) is 5.39. The summed E-state index contributed by atoms with van der Waals surface area (Å²) in [5.41, 5.74) is 0.417. The summed E-state index contributed by atoms with van der Waals surface area (Å²) < 4.78 is 18.1. The molecule has 0 unspecified atom stereocenters. The Kier molecular flexibility index (Phi) is 7.21. The molecule has 1 aliphatic heterocycles. The lowest BCUT2D eigenvalue weighted by Crippen LogP contribution is -2.37. The third-order valence-corrected chi connectivity index (χ3v) is 3.61. The highest BCUT2D eigenvalue weighted by Crippen LogP contribution is 2.09. The number of ether oxygens (including phenoxy) is 1. The molecule has 6 nitrogen and oxygen atoms in total. The highest BCUT2D eigenvalue weighted by Gasteiger charge is 2.10. The van der Waals surface area contributed by atoms with Crippen LogP contribution in [-0.2, 0) is 9.53 Å². The van der Waals surface area contributed by atoms with Gasteiger partial charge in [-0.2, -0.15) is 5.26 Å². The molecule has 1 aromatic carbocycles. The summed E-state index contributed by atoms with van der Waals surface area (Å²) >= 11 is 0. The molecule has 1 aliphatic rings. The molecule has 1 fully saturated rings. The van der Waals surface area contributed by atoms with Crippen molar-refractivity contribution < 1.29 is 13.9 Å². The Bertz CT molecular complexity index is 604. The van der Waals surface area contributed by atoms with Gasteiger partial charge in [0.15, 0.2) is 0 Å². The number of hydrogen-bond donors (Lipinski definition) is 2. The van der Waals surface area contributed by atoms with Crippen LogP contribution in [0.2, 0.25) is 0 Å². The first kappa shape index (κ1) is 17.9. The number of halogens is 1. The topological polar surface area (TPSA) is 77.4 Å². The predicted molar refractivity (Wildman–Crippen MR) is 88.6 cm³/mol. The van der Waals surface area contributed by atoms with Crippen LogP contribution < -0.4 is 10.6 Å². The van der Waals surface area contributed by atoms with Crippen LogP contribution in [0.25, 0.3) is 0 Å². The Labute approximate surface area is 140 Å². The number of rotatable bonds is 7. The molecule has 2 N–H and O–H groups in total. The maximum Gasteiger partial charge on any atom is 0.267 e. The van der Waals surface area contributed by atoms with Gasteiger partial charge in [-0.25, -0.2) is 4.39 Å². The van der Waals surface area contributed by atoms with Crippen LogP contribution in [0.4, 0.5) is 10.1 Å². The van der Waals surface area contributed by atoms with Gasteiger partial charge in [-0.15, -0.1) is 0 Å². The van der Waals surface area contributed by atoms with Crippen molar-refractivity contribution in [3.05, 3.63) is 41.9 Å². The summed E-state index contributed by atoms with van der Waals surface area (Å²) in [5, 5.41) is 14.6. The molecular weight excluding hydrogens is 311 g/mol. The summed E-state index contributed by atoms with van der Waals surface area (Å²) in [5.74, 6) is -0.907. The van der Waals surface area contributed by atoms with Gasteiger partial charge in [-0.1, -0.05) is 0 Å². The lowest BCUT2D eigenvalue weighted by Gasteiger charge is -2.26. The van der Waals surface area contributed by atoms with E-state index in [0.717, 1.165) is 39.3 Å². The second-order valence-electron chi connectivity index (χ2n) is 5.39. The number of amides is 1. The van der Waals surface area contributed by atoms with E-state index in [1.165, 1.54) is 30.5 Å². The van der Waals surface area contributed by atoms with E-state index >= 15 is 0 Å². The molecule has 2 rings (SSSR count). The van der Waals surface area contributed by atoms with E-state index in [9.17, 15) is 9.18 Å². The minimum Gasteiger partial charge on any atom is -0.390 e. The molecule has 0 saturated carbocycles. The first-order valence-electron chi connectivity index (χ1n) is 7.90. The van der Waals surface area contributed by atoms with Gasteiger partial charge in [-0.3, -0.25) is 9.69 Å². The van der Waals surface area contributed by atoms with Crippen LogP contribution in [0.3, 0.4) is 0 Å². The zero-order valence-electron chi connectivity index (χ0n) is 13.4. The van der Waals surface area contributed by atoms with Crippen molar-refractivity contribution >= 4 is 11.6 Å². The fraction of sp³-hybridized carbons (Fsp3) is 0.412. The summed E-state index contributed by atoms with van der Waals surface area (Å²) in [6.45, 7) is 5.06. The molecule has 7 heteroatoms. The number of nitrogens with zero attached hydrogens (tertiary/aromatic N) is 2. The van der Waals surface area contributed by atoms with Crippen LogP contribution in [0.5, 0.6) is 0 Å². The fourth-order valence-electron chi connectivity index (χ4n) is 2.28. The number of anilines is 1. The summed E-state index contributed by atoms with van der Waals surface area (Å²) in [4.78, 5) is 14.3. The number of benzene rings is 1. The first-order valence-corrected chi connectivity index (χ1v) is 7.90. The van der Waals surface area contributed by atoms with E-state index in [-0.39, 0.29) is 11.4 Å². The van der Waals surface area contributed by atoms with E-state index in [0.29, 0.717) is 12.2 Å². The average molecular weight is 332 g/mol. The lowest BCUT2D eigenvalue weighted by atomic mass is 10.2. The summed E-state index contributed by atoms with van der Waals surface area (Å²) in [7, 11) is 0. The number of nitriles is 1. The van der Waals surface area contributed by atoms with Crippen molar-refractivity contribution in [2.24, 2.45) is 0 Å². The SMILES string of the molecule is N#C/C(=C/NCCCN1CCOCC1)C(=O)Nc1ccc(F)cc1. The highest BCUT2D eigenvalue weighted by molar-refractivity contribution is 6.06. The van der Waals surface area contributed by atoms with E-state index in [1.54, 1.807) is 0 Å². The zero-order chi connectivity index (χ0) is 17.2. The largest absolute Gasteiger partial charge is 0.390 e. The molecule has 1 saturated heterocycles. The van der Waals surface area contributed by atoms with Gasteiger partial charge in [-0.05, 0) is 37.2 Å². The Hall–Kier alpha value is -2.43. The molecule has 0 spiro atoms. The van der Waals surface area contributed by atoms with Crippen molar-refractivity contribution in [1.29, 1.82) is 5.26 Å². The van der Waals surface area contributed by atoms with Crippen LogP contribution in [0.1, 0.15) is 6.42 Å². The van der Waals surface area contributed by atoms with Crippen LogP contribution in [-0.4, -0.2) is 50.2 Å². The molecule has 0 bridgehead atoms. The molecular formula is C17H21FN4O2. The van der Waals surface area contributed by atoms with Gasteiger partial charge in [0.2, 0.25) is 0 Å². The van der Waals surface area contributed by atoms with Gasteiger partial charge in [0, 0.05) is 31.5 Å². The van der Waals surface area contributed by atoms with Gasteiger partial charge in [0.1, 0.15) is 17.5 Å². The molecule has 0 radical (unpaired) electrons. The van der Waals surface area contributed by atoms with Crippen molar-refractivity contribution in [2.45, 2.75) is 6.42 Å². The lowest BCUT2D eigenvalue weighted by molar-refractivity contribution is -0.112. The van der Waals surface area contributed by atoms with Crippen LogP contribution in [0, 0.1) is 17.1 Å². The number of carbonyl (C=O) groups is 1. The molecule has 24 heavy (non-hydrogen) atoms. The predicted octanol–water partition coefficient (Wildman–Crippen LogP) is 1.48. The maximum atomic E-state index is 12.8. The fourth-order valence-corrected chi connectivity index (χ4v) is 2.28. The maximum absolute atomic E-state index is 12.8. The number of morpholine rings is 1. The smallest absolute Gasteiger partial charge is 0.267 e. The van der Waals surface area contributed by atoms with Crippen LogP contribution in [0.15, 0.2) is 36.0 Å². The highest BCUT2D eigenvalue weighted by atomic mass is 19.1. The standard InChI is InChI=1S/C17H21FN4O2/c18-15-2-4-16(5-3-15)21-17(23)14(12-19)13-20-6-1-7-22-8-10-24-11-9-22/h2-5,13,20H,1,6-11H2,(H,21,23)/b14-13-. The van der Waals surface area contributed by atoms with E-state index in [4.69, 9.17) is 10.00 Å². The van der Waals surface area contributed by atoms with E-state index in [2.05, 4.69) is 15.5 Å². The van der Waals surface area contributed by atoms with Gasteiger partial charge in [0.05, 0.1) is 13.2 Å². The normalized spacial score (nSPS) is 15.6. The van der Waals surface area contributed by atoms with Crippen LogP contribution >= 0.6 is 0 Å². The summed E-state index contributed by atoms with van der Waals surface area (Å²) in [6.07, 6.45) is 2.33. The van der Waals surface area contributed by atoms with E-state index < -0.39 is 5.91 Å². The number of hydrogen-bond acceptors (Lipinski definition) is 5. The zero-order valence-corrected chi connectivity index (χ0v) is 13.4. The van der Waals surface area contributed by atoms with Crippen molar-refractivity contribution in [1.82, 2.24) is 10.2 Å². The average Bonchev–Trinajstić information content (AvgIpc) is 2.61. The molecule has 0 atom stereocenters. The Morgan fingerprint density at radius 2 is 2.04 bits per heavy atom. The molecule has 128 valence electrons. The summed E-state index contributed by atoms with van der Waals surface area (Å²) in [6, 6.07) is 7.23. The second kappa shape index (κ2) is 9.65. The molecule has 0 aliphatic carbocycles. The minimum absolute atomic E-state index is 0.0225. The number of carbonyl (C=O) groups excluding carboxylic acids is 1. The minimum atomic E-state index is -0.523. The van der Waals surface area contributed by atoms with Crippen molar-refractivity contribution in [3.63, 3.8) is 0 Å². The molecule has 1 aromatic rings. The molecule has 0 aromatic heterocycles. The van der Waals surface area contributed by atoms with Crippen molar-refractivity contribution in [3.8, 4) is 6.07 Å². The third kappa shape index (κ3) is 5.99. The number of nitrogens with one attached hydrogen (secondary N) is 2. The monoisotopic (exact) mass is 332 g/mol. The Morgan fingerprint density at radius 1 is 1.33 bits per heavy atom. The van der Waals surface area contributed by atoms with E-state index in [1.807, 2.05) is 6.07 Å². The van der Waals surface area contributed by atoms with Crippen molar-refractivity contribution in [2.75, 3.05) is 44.7 Å². The van der Waals surface area contributed by atoms with Gasteiger partial charge < -0.3 is 15.4 Å². The quantitative estimate of drug-likeness (QED) is 0.449. The third-order valence-electron chi connectivity index (χ3n) is 3.61. The first-order chi connectivity index (χ1) is 11.7.